The maximum absolute atomic E-state index is 14.2. The van der Waals surface area contributed by atoms with Crippen molar-refractivity contribution in [3.05, 3.63) is 57.7 Å². The van der Waals surface area contributed by atoms with E-state index in [1.807, 2.05) is 46.8 Å². The fraction of sp³-hybridized carbons (Fsp3) is 0.564. The summed E-state index contributed by atoms with van der Waals surface area (Å²) in [7, 11) is 0. The zero-order chi connectivity index (χ0) is 35.6. The third kappa shape index (κ3) is 8.66. The second-order valence-electron chi connectivity index (χ2n) is 14.9. The fourth-order valence-electron chi connectivity index (χ4n) is 6.16. The molecule has 48 heavy (non-hydrogen) atoms. The van der Waals surface area contributed by atoms with E-state index in [1.165, 1.54) is 12.5 Å². The molecule has 4 atom stereocenters. The van der Waals surface area contributed by atoms with Gasteiger partial charge in [-0.3, -0.25) is 4.79 Å². The standard InChI is InChI=1S/C39H52O9/c1-23(2)12-10-16-39(9)18-15-27-32(41)31-33(42)28(25(4)46-35(31)29(34(27)48-39)21-30-38(7,8)47-30)20-26(22-40)14-17-37(5,6)45-19-11-13-24(3)36(43)44/h12-13,15,18,20,22,25-26,30,41H,10-11,14,16-17,19,21H2,1-9H3,(H,43,44)/b24-13-,28-20+/t25?,26?,30?,39-/m0/s1. The number of phenolic OH excluding ortho intramolecular Hbond substituents is 1. The Balaban J connectivity index is 1.60. The Hall–Kier alpha value is -3.69. The molecule has 1 fully saturated rings. The lowest BCUT2D eigenvalue weighted by Gasteiger charge is -2.36. The number of fused-ring (bicyclic) bond motifs is 2. The number of carboxylic acids is 1. The number of benzene rings is 1. The van der Waals surface area contributed by atoms with Gasteiger partial charge in [0.25, 0.3) is 0 Å². The number of ether oxygens (including phenoxy) is 4. The molecule has 0 saturated carbocycles. The van der Waals surface area contributed by atoms with E-state index in [2.05, 4.69) is 19.9 Å². The normalized spacial score (nSPS) is 24.2. The van der Waals surface area contributed by atoms with Gasteiger partial charge >= 0.3 is 5.97 Å². The van der Waals surface area contributed by atoms with Crippen molar-refractivity contribution in [2.24, 2.45) is 5.92 Å². The summed E-state index contributed by atoms with van der Waals surface area (Å²) in [6.07, 6.45) is 12.7. The van der Waals surface area contributed by atoms with Crippen LogP contribution in [0.2, 0.25) is 0 Å². The number of ketones is 1. The molecule has 0 bridgehead atoms. The van der Waals surface area contributed by atoms with Crippen molar-refractivity contribution in [3.63, 3.8) is 0 Å². The first-order valence-corrected chi connectivity index (χ1v) is 16.9. The number of Topliss-reactive ketones (excluding diaryl/α,β-unsaturated/α-hetero) is 1. The van der Waals surface area contributed by atoms with Gasteiger partial charge in [-0.2, -0.15) is 0 Å². The van der Waals surface area contributed by atoms with E-state index in [9.17, 15) is 19.5 Å². The molecule has 0 aromatic heterocycles. The lowest BCUT2D eigenvalue weighted by molar-refractivity contribution is -0.132. The van der Waals surface area contributed by atoms with Crippen LogP contribution >= 0.6 is 0 Å². The molecule has 0 spiro atoms. The van der Waals surface area contributed by atoms with E-state index < -0.39 is 29.2 Å². The Morgan fingerprint density at radius 1 is 1.12 bits per heavy atom. The lowest BCUT2D eigenvalue weighted by atomic mass is 9.84. The van der Waals surface area contributed by atoms with Gasteiger partial charge in [-0.25, -0.2) is 4.79 Å². The van der Waals surface area contributed by atoms with Gasteiger partial charge in [0.15, 0.2) is 5.78 Å². The van der Waals surface area contributed by atoms with Crippen molar-refractivity contribution in [2.45, 2.75) is 130 Å². The maximum Gasteiger partial charge on any atom is 0.330 e. The average molecular weight is 665 g/mol. The van der Waals surface area contributed by atoms with Crippen molar-refractivity contribution in [1.82, 2.24) is 0 Å². The zero-order valence-corrected chi connectivity index (χ0v) is 29.9. The molecular weight excluding hydrogens is 612 g/mol. The molecule has 3 aliphatic heterocycles. The summed E-state index contributed by atoms with van der Waals surface area (Å²) >= 11 is 0. The van der Waals surface area contributed by atoms with Crippen molar-refractivity contribution in [1.29, 1.82) is 0 Å². The third-order valence-electron chi connectivity index (χ3n) is 9.47. The van der Waals surface area contributed by atoms with Gasteiger partial charge in [-0.05, 0) is 107 Å². The third-order valence-corrected chi connectivity index (χ3v) is 9.47. The summed E-state index contributed by atoms with van der Waals surface area (Å²) in [5.74, 6) is -1.31. The summed E-state index contributed by atoms with van der Waals surface area (Å²) < 4.78 is 25.0. The Labute approximate surface area is 284 Å². The van der Waals surface area contributed by atoms with E-state index in [-0.39, 0.29) is 34.4 Å². The van der Waals surface area contributed by atoms with E-state index in [0.717, 1.165) is 19.1 Å². The van der Waals surface area contributed by atoms with Crippen LogP contribution in [-0.2, 0) is 25.5 Å². The number of carbonyl (C=O) groups is 3. The zero-order valence-electron chi connectivity index (χ0n) is 29.9. The molecule has 9 nitrogen and oxygen atoms in total. The summed E-state index contributed by atoms with van der Waals surface area (Å²) in [5, 5.41) is 20.6. The van der Waals surface area contributed by atoms with Gasteiger partial charge in [0.1, 0.15) is 40.8 Å². The second-order valence-corrected chi connectivity index (χ2v) is 14.9. The second kappa shape index (κ2) is 14.4. The minimum atomic E-state index is -0.960. The van der Waals surface area contributed by atoms with Crippen molar-refractivity contribution < 1.29 is 43.5 Å². The minimum Gasteiger partial charge on any atom is -0.506 e. The van der Waals surface area contributed by atoms with Gasteiger partial charge in [-0.15, -0.1) is 0 Å². The maximum atomic E-state index is 14.2. The first-order chi connectivity index (χ1) is 22.4. The highest BCUT2D eigenvalue weighted by atomic mass is 16.6. The number of aldehydes is 1. The minimum absolute atomic E-state index is 0.0750. The van der Waals surface area contributed by atoms with Gasteiger partial charge in [0, 0.05) is 29.0 Å². The molecule has 3 unspecified atom stereocenters. The summed E-state index contributed by atoms with van der Waals surface area (Å²) in [6.45, 7) is 17.7. The first kappa shape index (κ1) is 37.1. The molecule has 3 aliphatic rings. The molecule has 9 heteroatoms. The molecule has 0 amide bonds. The van der Waals surface area contributed by atoms with E-state index in [4.69, 9.17) is 24.1 Å². The summed E-state index contributed by atoms with van der Waals surface area (Å²) in [4.78, 5) is 37.4. The Morgan fingerprint density at radius 3 is 2.42 bits per heavy atom. The Bertz CT molecular complexity index is 1550. The predicted molar refractivity (Wildman–Crippen MR) is 185 cm³/mol. The molecule has 2 N–H and O–H groups in total. The van der Waals surface area contributed by atoms with Gasteiger partial charge in [0.2, 0.25) is 0 Å². The number of carbonyl (C=O) groups excluding carboxylic acids is 2. The van der Waals surface area contributed by atoms with E-state index in [1.54, 1.807) is 19.1 Å². The van der Waals surface area contributed by atoms with Crippen LogP contribution in [0.1, 0.15) is 116 Å². The number of hydrogen-bond acceptors (Lipinski definition) is 8. The smallest absolute Gasteiger partial charge is 0.330 e. The van der Waals surface area contributed by atoms with Gasteiger partial charge in [0.05, 0.1) is 29.5 Å². The average Bonchev–Trinajstić information content (AvgIpc) is 3.61. The van der Waals surface area contributed by atoms with Gasteiger partial charge in [-0.1, -0.05) is 23.8 Å². The van der Waals surface area contributed by atoms with Crippen LogP contribution in [0.25, 0.3) is 6.08 Å². The van der Waals surface area contributed by atoms with Crippen LogP contribution in [-0.4, -0.2) is 63.9 Å². The number of epoxide rings is 1. The number of aliphatic carboxylic acids is 1. The number of allylic oxidation sites excluding steroid dienone is 3. The Kier molecular flexibility index (Phi) is 11.2. The van der Waals surface area contributed by atoms with Crippen LogP contribution in [0.4, 0.5) is 0 Å². The summed E-state index contributed by atoms with van der Waals surface area (Å²) in [5.41, 5.74) is 1.49. The lowest BCUT2D eigenvalue weighted by Crippen LogP contribution is -2.34. The highest BCUT2D eigenvalue weighted by Crippen LogP contribution is 2.53. The molecule has 3 heterocycles. The fourth-order valence-corrected chi connectivity index (χ4v) is 6.16. The monoisotopic (exact) mass is 664 g/mol. The number of rotatable bonds is 15. The quantitative estimate of drug-likeness (QED) is 0.0636. The Morgan fingerprint density at radius 2 is 1.81 bits per heavy atom. The van der Waals surface area contributed by atoms with Crippen molar-refractivity contribution in [2.75, 3.05) is 6.61 Å². The van der Waals surface area contributed by atoms with Crippen LogP contribution in [0, 0.1) is 5.92 Å². The predicted octanol–water partition coefficient (Wildman–Crippen LogP) is 7.72. The number of carboxylic acid groups (broad SMARTS) is 1. The molecule has 0 aliphatic carbocycles. The number of aromatic hydroxyl groups is 1. The molecule has 1 saturated heterocycles. The van der Waals surface area contributed by atoms with Crippen LogP contribution in [0.5, 0.6) is 17.2 Å². The number of phenols is 1. The van der Waals surface area contributed by atoms with Crippen LogP contribution in [0.15, 0.2) is 41.0 Å². The number of hydrogen-bond donors (Lipinski definition) is 2. The van der Waals surface area contributed by atoms with Crippen molar-refractivity contribution in [3.8, 4) is 17.2 Å². The topological polar surface area (TPSA) is 132 Å². The van der Waals surface area contributed by atoms with Crippen LogP contribution < -0.4 is 9.47 Å². The molecule has 1 aromatic carbocycles. The SMILES string of the molecule is CC(C)=CCC[C@@]1(C)C=Cc2c(O)c3c(c(CC4OC4(C)C)c2O1)OC(C)/C(=C\C(C=O)CCC(C)(C)OCC/C=C(/C)C(=O)O)C3=O. The van der Waals surface area contributed by atoms with E-state index in [0.29, 0.717) is 60.5 Å². The largest absolute Gasteiger partial charge is 0.506 e. The van der Waals surface area contributed by atoms with Gasteiger partial charge < -0.3 is 34.0 Å². The molecule has 0 radical (unpaired) electrons. The molecule has 262 valence electrons. The highest BCUT2D eigenvalue weighted by molar-refractivity contribution is 6.15. The molecule has 1 aromatic rings. The molecular formula is C39H52O9. The summed E-state index contributed by atoms with van der Waals surface area (Å²) in [6, 6.07) is 0. The van der Waals surface area contributed by atoms with Crippen molar-refractivity contribution >= 4 is 24.1 Å². The first-order valence-electron chi connectivity index (χ1n) is 16.9. The van der Waals surface area contributed by atoms with Crippen LogP contribution in [0.3, 0.4) is 0 Å². The highest BCUT2D eigenvalue weighted by Gasteiger charge is 2.50. The molecule has 4 rings (SSSR count). The van der Waals surface area contributed by atoms with E-state index >= 15 is 0 Å².